The lowest BCUT2D eigenvalue weighted by molar-refractivity contribution is -0.387. The molecular formula is C18H13ClFN3O4. The molecule has 0 fully saturated rings. The average Bonchev–Trinajstić information content (AvgIpc) is 3.10. The lowest BCUT2D eigenvalue weighted by Gasteiger charge is -2.04. The van der Waals surface area contributed by atoms with Crippen molar-refractivity contribution in [3.05, 3.63) is 75.5 Å². The van der Waals surface area contributed by atoms with E-state index in [2.05, 4.69) is 10.3 Å². The van der Waals surface area contributed by atoms with Crippen LogP contribution in [0.1, 0.15) is 12.3 Å². The molecule has 7 nitrogen and oxygen atoms in total. The molecule has 9 heteroatoms. The van der Waals surface area contributed by atoms with Crippen molar-refractivity contribution in [2.24, 2.45) is 0 Å². The molecule has 0 aliphatic carbocycles. The van der Waals surface area contributed by atoms with E-state index in [4.69, 9.17) is 16.0 Å². The minimum atomic E-state index is -0.968. The molecule has 2 aromatic carbocycles. The summed E-state index contributed by atoms with van der Waals surface area (Å²) in [6, 6.07) is 10.3. The second-order valence-electron chi connectivity index (χ2n) is 5.57. The van der Waals surface area contributed by atoms with Crippen molar-refractivity contribution >= 4 is 28.9 Å². The highest BCUT2D eigenvalue weighted by Gasteiger charge is 2.16. The molecule has 138 valence electrons. The van der Waals surface area contributed by atoms with Crippen molar-refractivity contribution in [2.45, 2.75) is 12.8 Å². The van der Waals surface area contributed by atoms with Gasteiger partial charge in [-0.2, -0.15) is 4.39 Å². The van der Waals surface area contributed by atoms with Crippen LogP contribution in [0.15, 0.2) is 53.1 Å². The summed E-state index contributed by atoms with van der Waals surface area (Å²) in [5.41, 5.74) is 0.128. The summed E-state index contributed by atoms with van der Waals surface area (Å²) in [5.74, 6) is -0.534. The van der Waals surface area contributed by atoms with Crippen LogP contribution in [0.5, 0.6) is 0 Å². The third-order valence-corrected chi connectivity index (χ3v) is 4.01. The number of amides is 1. The Labute approximate surface area is 157 Å². The van der Waals surface area contributed by atoms with Crippen LogP contribution in [0.25, 0.3) is 11.3 Å². The number of nitro benzene ring substituents is 1. The molecule has 27 heavy (non-hydrogen) atoms. The van der Waals surface area contributed by atoms with Crippen molar-refractivity contribution in [3.8, 4) is 11.3 Å². The second-order valence-corrected chi connectivity index (χ2v) is 5.98. The quantitative estimate of drug-likeness (QED) is 0.490. The average molecular weight is 390 g/mol. The molecular weight excluding hydrogens is 377 g/mol. The topological polar surface area (TPSA) is 98.3 Å². The van der Waals surface area contributed by atoms with E-state index in [1.807, 2.05) is 6.07 Å². The fourth-order valence-corrected chi connectivity index (χ4v) is 2.61. The molecule has 1 amide bonds. The van der Waals surface area contributed by atoms with E-state index in [0.717, 1.165) is 12.1 Å². The van der Waals surface area contributed by atoms with Gasteiger partial charge in [0.25, 0.3) is 0 Å². The molecule has 3 aromatic rings. The summed E-state index contributed by atoms with van der Waals surface area (Å²) in [6.45, 7) is 0. The van der Waals surface area contributed by atoms with Crippen LogP contribution < -0.4 is 5.32 Å². The summed E-state index contributed by atoms with van der Waals surface area (Å²) < 4.78 is 18.9. The van der Waals surface area contributed by atoms with Gasteiger partial charge in [-0.3, -0.25) is 14.9 Å². The maximum Gasteiger partial charge on any atom is 0.306 e. The first-order valence-electron chi connectivity index (χ1n) is 7.87. The zero-order chi connectivity index (χ0) is 19.4. The third kappa shape index (κ3) is 4.48. The molecule has 1 heterocycles. The van der Waals surface area contributed by atoms with Crippen LogP contribution >= 0.6 is 11.6 Å². The third-order valence-electron chi connectivity index (χ3n) is 3.69. The lowest BCUT2D eigenvalue weighted by atomic mass is 10.2. The number of anilines is 1. The number of nitrogens with zero attached hydrogens (tertiary/aromatic N) is 2. The normalized spacial score (nSPS) is 10.6. The minimum Gasteiger partial charge on any atom is -0.441 e. The number of halogens is 2. The molecule has 1 aromatic heterocycles. The van der Waals surface area contributed by atoms with Crippen molar-refractivity contribution in [3.63, 3.8) is 0 Å². The molecule has 0 saturated heterocycles. The first kappa shape index (κ1) is 18.5. The van der Waals surface area contributed by atoms with E-state index < -0.39 is 22.3 Å². The van der Waals surface area contributed by atoms with E-state index in [1.54, 1.807) is 18.2 Å². The van der Waals surface area contributed by atoms with Gasteiger partial charge >= 0.3 is 5.69 Å². The van der Waals surface area contributed by atoms with Crippen molar-refractivity contribution in [1.29, 1.82) is 0 Å². The minimum absolute atomic E-state index is 0.0354. The van der Waals surface area contributed by atoms with E-state index in [9.17, 15) is 19.3 Å². The second kappa shape index (κ2) is 7.96. The van der Waals surface area contributed by atoms with Crippen molar-refractivity contribution in [1.82, 2.24) is 4.98 Å². The number of carbonyl (C=O) groups excluding carboxylic acids is 1. The van der Waals surface area contributed by atoms with Gasteiger partial charge in [0.1, 0.15) is 0 Å². The summed E-state index contributed by atoms with van der Waals surface area (Å²) in [4.78, 5) is 26.0. The number of hydrogen-bond donors (Lipinski definition) is 1. The number of carbonyl (C=O) groups is 1. The Balaban J connectivity index is 1.61. The number of hydrogen-bond acceptors (Lipinski definition) is 5. The van der Waals surface area contributed by atoms with Gasteiger partial charge in [0.05, 0.1) is 16.1 Å². The Bertz CT molecular complexity index is 1010. The first-order chi connectivity index (χ1) is 12.9. The Morgan fingerprint density at radius 3 is 2.81 bits per heavy atom. The maximum atomic E-state index is 13.3. The molecule has 0 aliphatic rings. The molecule has 0 bridgehead atoms. The highest BCUT2D eigenvalue weighted by Crippen LogP contribution is 2.28. The fraction of sp³-hybridized carbons (Fsp3) is 0.111. The summed E-state index contributed by atoms with van der Waals surface area (Å²) in [5, 5.41) is 13.7. The summed E-state index contributed by atoms with van der Waals surface area (Å²) in [6.07, 6.45) is 1.78. The highest BCUT2D eigenvalue weighted by atomic mass is 35.5. The van der Waals surface area contributed by atoms with Crippen LogP contribution in [-0.2, 0) is 11.2 Å². The number of oxazole rings is 1. The Kier molecular flexibility index (Phi) is 5.46. The van der Waals surface area contributed by atoms with Gasteiger partial charge < -0.3 is 9.73 Å². The predicted octanol–water partition coefficient (Wildman–Crippen LogP) is 4.61. The first-order valence-corrected chi connectivity index (χ1v) is 8.25. The smallest absolute Gasteiger partial charge is 0.306 e. The number of rotatable bonds is 6. The van der Waals surface area contributed by atoms with Crippen LogP contribution in [0.2, 0.25) is 5.02 Å². The zero-order valence-corrected chi connectivity index (χ0v) is 14.6. The molecule has 0 unspecified atom stereocenters. The Morgan fingerprint density at radius 1 is 1.30 bits per heavy atom. The van der Waals surface area contributed by atoms with E-state index in [-0.39, 0.29) is 18.5 Å². The van der Waals surface area contributed by atoms with Gasteiger partial charge in [0.15, 0.2) is 11.7 Å². The number of aromatic nitrogens is 1. The van der Waals surface area contributed by atoms with Gasteiger partial charge in [-0.1, -0.05) is 23.7 Å². The molecule has 0 saturated carbocycles. The lowest BCUT2D eigenvalue weighted by Crippen LogP contribution is -2.12. The van der Waals surface area contributed by atoms with Crippen LogP contribution in [-0.4, -0.2) is 15.8 Å². The number of nitro groups is 1. The number of nitrogens with one attached hydrogen (secondary N) is 1. The van der Waals surface area contributed by atoms with Gasteiger partial charge in [-0.05, 0) is 24.3 Å². The molecule has 0 radical (unpaired) electrons. The summed E-state index contributed by atoms with van der Waals surface area (Å²) in [7, 11) is 0. The Morgan fingerprint density at radius 2 is 2.07 bits per heavy atom. The number of benzene rings is 2. The van der Waals surface area contributed by atoms with Crippen LogP contribution in [0, 0.1) is 15.9 Å². The monoisotopic (exact) mass is 389 g/mol. The standard InChI is InChI=1S/C18H13ClFN3O4/c19-13-4-2-1-3-12(13)16-10-21-18(27-16)8-7-17(24)22-11-5-6-14(20)15(9-11)23(25)26/h1-6,9-10H,7-8H2,(H,22,24). The zero-order valence-electron chi connectivity index (χ0n) is 13.8. The van der Waals surface area contributed by atoms with E-state index in [0.29, 0.717) is 22.2 Å². The maximum absolute atomic E-state index is 13.3. The predicted molar refractivity (Wildman–Crippen MR) is 97.0 cm³/mol. The van der Waals surface area contributed by atoms with Gasteiger partial charge in [-0.25, -0.2) is 4.98 Å². The largest absolute Gasteiger partial charge is 0.441 e. The molecule has 3 rings (SSSR count). The number of aryl methyl sites for hydroxylation is 1. The molecule has 1 N–H and O–H groups in total. The molecule has 0 spiro atoms. The van der Waals surface area contributed by atoms with Crippen LogP contribution in [0.3, 0.4) is 0 Å². The van der Waals surface area contributed by atoms with E-state index in [1.165, 1.54) is 12.3 Å². The Hall–Kier alpha value is -3.26. The van der Waals surface area contributed by atoms with Gasteiger partial charge in [-0.15, -0.1) is 0 Å². The van der Waals surface area contributed by atoms with E-state index >= 15 is 0 Å². The highest BCUT2D eigenvalue weighted by molar-refractivity contribution is 6.33. The van der Waals surface area contributed by atoms with Gasteiger partial charge in [0, 0.05) is 30.2 Å². The van der Waals surface area contributed by atoms with Crippen molar-refractivity contribution < 1.29 is 18.5 Å². The molecule has 0 aliphatic heterocycles. The summed E-state index contributed by atoms with van der Waals surface area (Å²) >= 11 is 6.11. The molecule has 0 atom stereocenters. The van der Waals surface area contributed by atoms with Gasteiger partial charge in [0.2, 0.25) is 11.7 Å². The SMILES string of the molecule is O=C(CCc1ncc(-c2ccccc2Cl)o1)Nc1ccc(F)c([N+](=O)[O-])c1. The van der Waals surface area contributed by atoms with Crippen molar-refractivity contribution in [2.75, 3.05) is 5.32 Å². The van der Waals surface area contributed by atoms with Crippen LogP contribution in [0.4, 0.5) is 15.8 Å². The fourth-order valence-electron chi connectivity index (χ4n) is 2.39.